The van der Waals surface area contributed by atoms with Crippen LogP contribution in [0.1, 0.15) is 5.56 Å². The summed E-state index contributed by atoms with van der Waals surface area (Å²) in [5.41, 5.74) is 1.69. The van der Waals surface area contributed by atoms with Gasteiger partial charge >= 0.3 is 0 Å². The van der Waals surface area contributed by atoms with Crippen LogP contribution in [-0.4, -0.2) is 52.6 Å². The van der Waals surface area contributed by atoms with E-state index in [-0.39, 0.29) is 0 Å². The zero-order chi connectivity index (χ0) is 21.0. The van der Waals surface area contributed by atoms with Crippen molar-refractivity contribution in [1.82, 2.24) is 9.97 Å². The molecule has 0 unspecified atom stereocenters. The molecular weight excluding hydrogens is 374 g/mol. The molecule has 0 amide bonds. The number of hydrogen-bond acceptors (Lipinski definition) is 8. The van der Waals surface area contributed by atoms with Gasteiger partial charge in [-0.1, -0.05) is 0 Å². The third kappa shape index (κ3) is 3.78. The van der Waals surface area contributed by atoms with Gasteiger partial charge in [0.05, 0.1) is 41.1 Å². The van der Waals surface area contributed by atoms with Crippen LogP contribution < -0.4 is 28.6 Å². The second-order valence-corrected chi connectivity index (χ2v) is 6.27. The van der Waals surface area contributed by atoms with Crippen LogP contribution in [0.25, 0.3) is 10.9 Å². The summed E-state index contributed by atoms with van der Waals surface area (Å²) >= 11 is 0. The molecule has 0 saturated heterocycles. The van der Waals surface area contributed by atoms with E-state index in [0.717, 1.165) is 22.3 Å². The van der Waals surface area contributed by atoms with Gasteiger partial charge < -0.3 is 28.6 Å². The first-order chi connectivity index (χ1) is 14.1. The maximum Gasteiger partial charge on any atom is 0.203 e. The fraction of sp³-hybridized carbons (Fsp3) is 0.333. The van der Waals surface area contributed by atoms with Crippen LogP contribution >= 0.6 is 0 Å². The maximum absolute atomic E-state index is 5.60. The summed E-state index contributed by atoms with van der Waals surface area (Å²) in [5.74, 6) is 3.78. The van der Waals surface area contributed by atoms with Crippen molar-refractivity contribution in [2.24, 2.45) is 0 Å². The summed E-state index contributed by atoms with van der Waals surface area (Å²) in [6, 6.07) is 7.52. The smallest absolute Gasteiger partial charge is 0.203 e. The molecule has 154 valence electrons. The van der Waals surface area contributed by atoms with Crippen molar-refractivity contribution in [2.45, 2.75) is 6.54 Å². The van der Waals surface area contributed by atoms with Crippen molar-refractivity contribution in [1.29, 1.82) is 0 Å². The lowest BCUT2D eigenvalue weighted by molar-refractivity contribution is 0.322. The van der Waals surface area contributed by atoms with Gasteiger partial charge in [-0.15, -0.1) is 0 Å². The Labute approximate surface area is 169 Å². The Morgan fingerprint density at radius 2 is 1.41 bits per heavy atom. The number of hydrogen-bond donors (Lipinski definition) is 0. The Hall–Kier alpha value is -3.42. The number of fused-ring (bicyclic) bond motifs is 1. The van der Waals surface area contributed by atoms with E-state index in [9.17, 15) is 0 Å². The standard InChI is InChI=1S/C21H25N3O5/c1-24(11-13-7-8-16(25-2)20(29-6)19(13)28-5)21-14-9-17(26-3)18(27-4)10-15(14)22-12-23-21/h7-10,12H,11H2,1-6H3. The fourth-order valence-corrected chi connectivity index (χ4v) is 3.29. The molecule has 0 radical (unpaired) electrons. The highest BCUT2D eigenvalue weighted by Crippen LogP contribution is 2.41. The van der Waals surface area contributed by atoms with E-state index >= 15 is 0 Å². The summed E-state index contributed by atoms with van der Waals surface area (Å²) in [7, 11) is 9.95. The van der Waals surface area contributed by atoms with Crippen LogP contribution in [0.4, 0.5) is 5.82 Å². The van der Waals surface area contributed by atoms with Gasteiger partial charge in [0.25, 0.3) is 0 Å². The average molecular weight is 399 g/mol. The minimum absolute atomic E-state index is 0.532. The molecular formula is C21H25N3O5. The number of nitrogens with zero attached hydrogens (tertiary/aromatic N) is 3. The van der Waals surface area contributed by atoms with Gasteiger partial charge in [-0.3, -0.25) is 0 Å². The zero-order valence-corrected chi connectivity index (χ0v) is 17.5. The lowest BCUT2D eigenvalue weighted by atomic mass is 10.1. The molecule has 3 rings (SSSR count). The second kappa shape index (κ2) is 8.72. The molecule has 0 spiro atoms. The van der Waals surface area contributed by atoms with Gasteiger partial charge in [0.2, 0.25) is 5.75 Å². The van der Waals surface area contributed by atoms with Crippen molar-refractivity contribution >= 4 is 16.7 Å². The summed E-state index contributed by atoms with van der Waals surface area (Å²) in [6.45, 7) is 0.532. The molecule has 1 heterocycles. The molecule has 0 bridgehead atoms. The number of methoxy groups -OCH3 is 5. The van der Waals surface area contributed by atoms with Gasteiger partial charge in [0.1, 0.15) is 12.1 Å². The van der Waals surface area contributed by atoms with Crippen LogP contribution in [-0.2, 0) is 6.54 Å². The molecule has 0 aliphatic heterocycles. The Bertz CT molecular complexity index is 1010. The third-order valence-electron chi connectivity index (χ3n) is 4.67. The molecule has 8 nitrogen and oxygen atoms in total. The highest BCUT2D eigenvalue weighted by molar-refractivity contribution is 5.92. The second-order valence-electron chi connectivity index (χ2n) is 6.27. The SMILES string of the molecule is COc1cc2ncnc(N(C)Cc3ccc(OC)c(OC)c3OC)c2cc1OC. The Morgan fingerprint density at radius 3 is 2.03 bits per heavy atom. The van der Waals surface area contributed by atoms with Crippen LogP contribution in [0.5, 0.6) is 28.7 Å². The maximum atomic E-state index is 5.60. The number of anilines is 1. The van der Waals surface area contributed by atoms with E-state index in [1.165, 1.54) is 6.33 Å². The van der Waals surface area contributed by atoms with Crippen molar-refractivity contribution in [3.05, 3.63) is 36.2 Å². The van der Waals surface area contributed by atoms with Gasteiger partial charge in [0, 0.05) is 30.6 Å². The lowest BCUT2D eigenvalue weighted by Crippen LogP contribution is -2.19. The normalized spacial score (nSPS) is 10.6. The van der Waals surface area contributed by atoms with Gasteiger partial charge in [-0.25, -0.2) is 9.97 Å². The quantitative estimate of drug-likeness (QED) is 0.571. The molecule has 0 saturated carbocycles. The number of aromatic nitrogens is 2. The number of benzene rings is 2. The summed E-state index contributed by atoms with van der Waals surface area (Å²) in [6.07, 6.45) is 1.53. The monoisotopic (exact) mass is 399 g/mol. The van der Waals surface area contributed by atoms with Crippen molar-refractivity contribution in [3.8, 4) is 28.7 Å². The van der Waals surface area contributed by atoms with E-state index in [1.54, 1.807) is 35.5 Å². The fourth-order valence-electron chi connectivity index (χ4n) is 3.29. The Kier molecular flexibility index (Phi) is 6.11. The molecule has 8 heteroatoms. The summed E-state index contributed by atoms with van der Waals surface area (Å²) < 4.78 is 27.3. The topological polar surface area (TPSA) is 75.2 Å². The minimum Gasteiger partial charge on any atom is -0.493 e. The van der Waals surface area contributed by atoms with E-state index in [1.807, 2.05) is 36.2 Å². The van der Waals surface area contributed by atoms with E-state index in [2.05, 4.69) is 9.97 Å². The van der Waals surface area contributed by atoms with Crippen LogP contribution in [0, 0.1) is 0 Å². The molecule has 0 aliphatic carbocycles. The van der Waals surface area contributed by atoms with Crippen LogP contribution in [0.3, 0.4) is 0 Å². The van der Waals surface area contributed by atoms with Crippen LogP contribution in [0.15, 0.2) is 30.6 Å². The molecule has 0 fully saturated rings. The Balaban J connectivity index is 2.04. The van der Waals surface area contributed by atoms with Crippen molar-refractivity contribution < 1.29 is 23.7 Å². The first-order valence-corrected chi connectivity index (χ1v) is 8.93. The third-order valence-corrected chi connectivity index (χ3v) is 4.67. The van der Waals surface area contributed by atoms with Crippen molar-refractivity contribution in [2.75, 3.05) is 47.5 Å². The Morgan fingerprint density at radius 1 is 0.759 bits per heavy atom. The number of ether oxygens (including phenoxy) is 5. The predicted octanol–water partition coefficient (Wildman–Crippen LogP) is 3.31. The molecule has 0 aliphatic rings. The average Bonchev–Trinajstić information content (AvgIpc) is 2.76. The molecule has 3 aromatic rings. The first-order valence-electron chi connectivity index (χ1n) is 8.93. The summed E-state index contributed by atoms with van der Waals surface area (Å²) in [4.78, 5) is 10.9. The lowest BCUT2D eigenvalue weighted by Gasteiger charge is -2.23. The van der Waals surface area contributed by atoms with Gasteiger partial charge in [0.15, 0.2) is 23.0 Å². The highest BCUT2D eigenvalue weighted by Gasteiger charge is 2.19. The predicted molar refractivity (Wildman–Crippen MR) is 111 cm³/mol. The molecule has 1 aromatic heterocycles. The highest BCUT2D eigenvalue weighted by atomic mass is 16.5. The van der Waals surface area contributed by atoms with E-state index in [0.29, 0.717) is 35.3 Å². The zero-order valence-electron chi connectivity index (χ0n) is 17.5. The van der Waals surface area contributed by atoms with Crippen molar-refractivity contribution in [3.63, 3.8) is 0 Å². The van der Waals surface area contributed by atoms with Crippen LogP contribution in [0.2, 0.25) is 0 Å². The molecule has 0 N–H and O–H groups in total. The summed E-state index contributed by atoms with van der Waals surface area (Å²) in [5, 5.41) is 0.854. The first kappa shape index (κ1) is 20.3. The van der Waals surface area contributed by atoms with E-state index in [4.69, 9.17) is 23.7 Å². The van der Waals surface area contributed by atoms with E-state index < -0.39 is 0 Å². The number of rotatable bonds is 8. The minimum atomic E-state index is 0.532. The largest absolute Gasteiger partial charge is 0.493 e. The van der Waals surface area contributed by atoms with Gasteiger partial charge in [-0.05, 0) is 18.2 Å². The molecule has 29 heavy (non-hydrogen) atoms. The molecule has 0 atom stereocenters. The molecule has 2 aromatic carbocycles. The van der Waals surface area contributed by atoms with Gasteiger partial charge in [-0.2, -0.15) is 0 Å².